The van der Waals surface area contributed by atoms with Gasteiger partial charge in [0, 0.05) is 18.7 Å². The van der Waals surface area contributed by atoms with Crippen molar-refractivity contribution in [1.29, 1.82) is 0 Å². The van der Waals surface area contributed by atoms with Crippen LogP contribution in [0.2, 0.25) is 0 Å². The van der Waals surface area contributed by atoms with Crippen molar-refractivity contribution < 1.29 is 18.8 Å². The zero-order valence-corrected chi connectivity index (χ0v) is 17.9. The Hall–Kier alpha value is -3.12. The summed E-state index contributed by atoms with van der Waals surface area (Å²) >= 11 is 0. The van der Waals surface area contributed by atoms with Gasteiger partial charge in [-0.1, -0.05) is 41.6 Å². The number of fused-ring (bicyclic) bond motifs is 2. The Bertz CT molecular complexity index is 1100. The van der Waals surface area contributed by atoms with Gasteiger partial charge in [0.1, 0.15) is 22.8 Å². The van der Waals surface area contributed by atoms with Gasteiger partial charge in [-0.05, 0) is 49.4 Å². The first kappa shape index (κ1) is 19.8. The van der Waals surface area contributed by atoms with Crippen LogP contribution in [0.5, 0.6) is 5.75 Å². The summed E-state index contributed by atoms with van der Waals surface area (Å²) in [5, 5.41) is 4.17. The number of carbonyl (C=O) groups excluding carboxylic acids is 1. The highest BCUT2D eigenvalue weighted by atomic mass is 16.5. The SMILES string of the molecule is COc1ccc2c(c1)CCOC21CCN(C(=O)c2c(-c3ccccc3)noc2C)CC1. The predicted octanol–water partition coefficient (Wildman–Crippen LogP) is 4.36. The minimum Gasteiger partial charge on any atom is -0.497 e. The van der Waals surface area contributed by atoms with Gasteiger partial charge in [-0.25, -0.2) is 0 Å². The minimum absolute atomic E-state index is 0.0294. The van der Waals surface area contributed by atoms with Gasteiger partial charge < -0.3 is 18.9 Å². The second-order valence-corrected chi connectivity index (χ2v) is 8.24. The van der Waals surface area contributed by atoms with Crippen molar-refractivity contribution in [3.63, 3.8) is 0 Å². The van der Waals surface area contributed by atoms with Crippen LogP contribution in [-0.2, 0) is 16.8 Å². The molecule has 2 aliphatic heterocycles. The highest BCUT2D eigenvalue weighted by Gasteiger charge is 2.42. The van der Waals surface area contributed by atoms with Crippen molar-refractivity contribution in [2.24, 2.45) is 0 Å². The number of benzene rings is 2. The molecule has 6 nitrogen and oxygen atoms in total. The number of likely N-dealkylation sites (tertiary alicyclic amines) is 1. The molecule has 0 saturated carbocycles. The summed E-state index contributed by atoms with van der Waals surface area (Å²) in [6, 6.07) is 15.9. The number of methoxy groups -OCH3 is 1. The zero-order chi connectivity index (χ0) is 21.4. The van der Waals surface area contributed by atoms with Gasteiger partial charge in [0.25, 0.3) is 5.91 Å². The number of aryl methyl sites for hydroxylation is 1. The summed E-state index contributed by atoms with van der Waals surface area (Å²) in [5.41, 5.74) is 4.23. The fourth-order valence-corrected chi connectivity index (χ4v) is 4.84. The van der Waals surface area contributed by atoms with Crippen LogP contribution in [0.3, 0.4) is 0 Å². The van der Waals surface area contributed by atoms with Gasteiger partial charge in [-0.15, -0.1) is 0 Å². The molecule has 0 unspecified atom stereocenters. The number of piperidine rings is 1. The number of nitrogens with zero attached hydrogens (tertiary/aromatic N) is 2. The molecular formula is C25H26N2O4. The van der Waals surface area contributed by atoms with Crippen LogP contribution in [0.15, 0.2) is 53.1 Å². The van der Waals surface area contributed by atoms with Crippen molar-refractivity contribution in [3.05, 3.63) is 71.0 Å². The third kappa shape index (κ3) is 3.41. The monoisotopic (exact) mass is 418 g/mol. The molecule has 0 atom stereocenters. The summed E-state index contributed by atoms with van der Waals surface area (Å²) in [7, 11) is 1.69. The molecule has 1 fully saturated rings. The standard InChI is InChI=1S/C25H26N2O4/c1-17-22(23(26-31-17)18-6-4-3-5-7-18)24(28)27-13-11-25(12-14-27)21-9-8-20(29-2)16-19(21)10-15-30-25/h3-9,16H,10-15H2,1-2H3. The van der Waals surface area contributed by atoms with E-state index in [1.165, 1.54) is 11.1 Å². The Morgan fingerprint density at radius 2 is 1.90 bits per heavy atom. The predicted molar refractivity (Wildman–Crippen MR) is 116 cm³/mol. The lowest BCUT2D eigenvalue weighted by molar-refractivity contribution is -0.0935. The van der Waals surface area contributed by atoms with Gasteiger partial charge in [0.2, 0.25) is 0 Å². The molecule has 5 rings (SSSR count). The van der Waals surface area contributed by atoms with Crippen molar-refractivity contribution in [1.82, 2.24) is 10.1 Å². The summed E-state index contributed by atoms with van der Waals surface area (Å²) < 4.78 is 17.1. The lowest BCUT2D eigenvalue weighted by Crippen LogP contribution is -2.48. The van der Waals surface area contributed by atoms with E-state index in [0.717, 1.165) is 30.6 Å². The van der Waals surface area contributed by atoms with E-state index >= 15 is 0 Å². The maximum atomic E-state index is 13.4. The summed E-state index contributed by atoms with van der Waals surface area (Å²) in [6.07, 6.45) is 2.42. The number of hydrogen-bond donors (Lipinski definition) is 0. The quantitative estimate of drug-likeness (QED) is 0.632. The summed E-state index contributed by atoms with van der Waals surface area (Å²) in [5.74, 6) is 1.40. The maximum Gasteiger partial charge on any atom is 0.259 e. The van der Waals surface area contributed by atoms with Gasteiger partial charge >= 0.3 is 0 Å². The van der Waals surface area contributed by atoms with E-state index in [-0.39, 0.29) is 11.5 Å². The average molecular weight is 418 g/mol. The van der Waals surface area contributed by atoms with Crippen LogP contribution in [0.25, 0.3) is 11.3 Å². The molecule has 6 heteroatoms. The van der Waals surface area contributed by atoms with Crippen LogP contribution in [0.4, 0.5) is 0 Å². The van der Waals surface area contributed by atoms with Crippen LogP contribution in [0, 0.1) is 6.92 Å². The molecule has 160 valence electrons. The molecule has 3 aromatic rings. The largest absolute Gasteiger partial charge is 0.497 e. The van der Waals surface area contributed by atoms with E-state index in [9.17, 15) is 4.79 Å². The Morgan fingerprint density at radius 1 is 1.13 bits per heavy atom. The van der Waals surface area contributed by atoms with Crippen molar-refractivity contribution in [2.45, 2.75) is 31.8 Å². The Kier molecular flexibility index (Phi) is 5.02. The smallest absolute Gasteiger partial charge is 0.259 e. The molecule has 1 spiro atoms. The third-order valence-corrected chi connectivity index (χ3v) is 6.54. The van der Waals surface area contributed by atoms with Crippen LogP contribution in [-0.4, -0.2) is 42.8 Å². The number of aromatic nitrogens is 1. The number of ether oxygens (including phenoxy) is 2. The Labute approximate surface area is 181 Å². The highest BCUT2D eigenvalue weighted by molar-refractivity contribution is 6.00. The van der Waals surface area contributed by atoms with E-state index in [2.05, 4.69) is 17.3 Å². The number of amides is 1. The van der Waals surface area contributed by atoms with Gasteiger partial charge in [-0.2, -0.15) is 0 Å². The van der Waals surface area contributed by atoms with Crippen LogP contribution >= 0.6 is 0 Å². The summed E-state index contributed by atoms with van der Waals surface area (Å²) in [6.45, 7) is 3.75. The lowest BCUT2D eigenvalue weighted by Gasteiger charge is -2.45. The number of carbonyl (C=O) groups is 1. The lowest BCUT2D eigenvalue weighted by atomic mass is 9.79. The first-order chi connectivity index (χ1) is 15.1. The molecule has 1 saturated heterocycles. The molecule has 0 radical (unpaired) electrons. The molecule has 2 aromatic carbocycles. The molecule has 31 heavy (non-hydrogen) atoms. The third-order valence-electron chi connectivity index (χ3n) is 6.54. The van der Waals surface area contributed by atoms with E-state index in [4.69, 9.17) is 14.0 Å². The minimum atomic E-state index is -0.331. The Balaban J connectivity index is 1.38. The molecular weight excluding hydrogens is 392 g/mol. The topological polar surface area (TPSA) is 64.8 Å². The Morgan fingerprint density at radius 3 is 2.65 bits per heavy atom. The molecule has 1 amide bonds. The van der Waals surface area contributed by atoms with E-state index < -0.39 is 0 Å². The summed E-state index contributed by atoms with van der Waals surface area (Å²) in [4.78, 5) is 15.3. The molecule has 0 bridgehead atoms. The van der Waals surface area contributed by atoms with E-state index in [1.807, 2.05) is 41.3 Å². The fourth-order valence-electron chi connectivity index (χ4n) is 4.84. The first-order valence-corrected chi connectivity index (χ1v) is 10.7. The van der Waals surface area contributed by atoms with Crippen LogP contribution < -0.4 is 4.74 Å². The normalized spacial score (nSPS) is 17.4. The molecule has 0 N–H and O–H groups in total. The zero-order valence-electron chi connectivity index (χ0n) is 17.9. The highest BCUT2D eigenvalue weighted by Crippen LogP contribution is 2.43. The van der Waals surface area contributed by atoms with E-state index in [0.29, 0.717) is 36.7 Å². The molecule has 2 aliphatic rings. The molecule has 3 heterocycles. The number of hydrogen-bond acceptors (Lipinski definition) is 5. The average Bonchev–Trinajstić information content (AvgIpc) is 3.21. The first-order valence-electron chi connectivity index (χ1n) is 10.7. The van der Waals surface area contributed by atoms with Crippen molar-refractivity contribution in [3.8, 4) is 17.0 Å². The van der Waals surface area contributed by atoms with Crippen molar-refractivity contribution >= 4 is 5.91 Å². The molecule has 1 aromatic heterocycles. The molecule has 0 aliphatic carbocycles. The van der Waals surface area contributed by atoms with Gasteiger partial charge in [-0.3, -0.25) is 4.79 Å². The second-order valence-electron chi connectivity index (χ2n) is 8.24. The number of rotatable bonds is 3. The second kappa shape index (κ2) is 7.85. The van der Waals surface area contributed by atoms with E-state index in [1.54, 1.807) is 14.0 Å². The van der Waals surface area contributed by atoms with Crippen LogP contribution in [0.1, 0.15) is 40.1 Å². The van der Waals surface area contributed by atoms with Gasteiger partial charge in [0.15, 0.2) is 0 Å². The van der Waals surface area contributed by atoms with Gasteiger partial charge in [0.05, 0.1) is 19.3 Å². The van der Waals surface area contributed by atoms with Crippen molar-refractivity contribution in [2.75, 3.05) is 26.8 Å². The fraction of sp³-hybridized carbons (Fsp3) is 0.360. The maximum absolute atomic E-state index is 13.4.